The fraction of sp³-hybridized carbons (Fsp3) is 0.333. The van der Waals surface area contributed by atoms with E-state index >= 15 is 0 Å². The van der Waals surface area contributed by atoms with Gasteiger partial charge in [-0.15, -0.1) is 0 Å². The van der Waals surface area contributed by atoms with E-state index in [1.807, 2.05) is 35.2 Å². The number of halogens is 2. The third-order valence-electron chi connectivity index (χ3n) is 4.55. The van der Waals surface area contributed by atoms with Crippen LogP contribution in [0.2, 0.25) is 10.0 Å². The number of rotatable bonds is 9. The number of primary amides is 1. The summed E-state index contributed by atoms with van der Waals surface area (Å²) < 4.78 is 1.12. The molecule has 1 amide bonds. The molecule has 0 unspecified atom stereocenters. The Kier molecular flexibility index (Phi) is 7.35. The van der Waals surface area contributed by atoms with Crippen molar-refractivity contribution < 1.29 is 4.79 Å². The van der Waals surface area contributed by atoms with Crippen molar-refractivity contribution in [3.8, 4) is 0 Å². The molecule has 0 fully saturated rings. The van der Waals surface area contributed by atoms with Crippen LogP contribution >= 0.6 is 34.5 Å². The molecule has 1 heterocycles. The van der Waals surface area contributed by atoms with Crippen LogP contribution in [0, 0.1) is 6.92 Å². The van der Waals surface area contributed by atoms with Gasteiger partial charge in [0.15, 0.2) is 5.13 Å². The number of anilines is 1. The van der Waals surface area contributed by atoms with E-state index in [9.17, 15) is 4.79 Å². The molecule has 0 saturated heterocycles. The number of thiazole rings is 1. The Bertz CT molecular complexity index is 1010. The van der Waals surface area contributed by atoms with Crippen LogP contribution < -0.4 is 10.6 Å². The van der Waals surface area contributed by atoms with Crippen LogP contribution in [0.4, 0.5) is 5.13 Å². The van der Waals surface area contributed by atoms with Gasteiger partial charge < -0.3 is 15.5 Å². The average Bonchev–Trinajstić information content (AvgIpc) is 3.06. The molecule has 0 spiro atoms. The molecule has 154 valence electrons. The number of nitrogens with zero attached hydrogens (tertiary/aromatic N) is 3. The number of aryl methyl sites for hydroxylation is 1. The number of aromatic nitrogens is 1. The Balaban J connectivity index is 1.61. The van der Waals surface area contributed by atoms with Gasteiger partial charge in [-0.05, 0) is 62.3 Å². The smallest absolute Gasteiger partial charge is 0.237 e. The second kappa shape index (κ2) is 9.76. The minimum absolute atomic E-state index is 0.162. The fourth-order valence-electron chi connectivity index (χ4n) is 3.15. The van der Waals surface area contributed by atoms with Crippen molar-refractivity contribution >= 4 is 55.8 Å². The summed E-state index contributed by atoms with van der Waals surface area (Å²) in [5.74, 6) is -0.357. The first-order valence-electron chi connectivity index (χ1n) is 9.35. The van der Waals surface area contributed by atoms with Crippen molar-refractivity contribution in [2.24, 2.45) is 5.73 Å². The Morgan fingerprint density at radius 1 is 1.14 bits per heavy atom. The number of fused-ring (bicyclic) bond motifs is 1. The number of carbonyl (C=O) groups is 1. The first-order valence-corrected chi connectivity index (χ1v) is 10.9. The first-order chi connectivity index (χ1) is 13.8. The lowest BCUT2D eigenvalue weighted by Crippen LogP contribution is -2.35. The molecule has 0 aliphatic heterocycles. The number of amides is 1. The van der Waals surface area contributed by atoms with E-state index < -0.39 is 0 Å². The molecular formula is C21H24Cl2N4OS. The number of hydrogen-bond acceptors (Lipinski definition) is 5. The Morgan fingerprint density at radius 3 is 2.66 bits per heavy atom. The van der Waals surface area contributed by atoms with Crippen LogP contribution in [-0.2, 0) is 11.3 Å². The molecule has 0 aliphatic carbocycles. The van der Waals surface area contributed by atoms with Crippen LogP contribution in [0.1, 0.15) is 17.5 Å². The topological polar surface area (TPSA) is 62.5 Å². The molecule has 2 aromatic carbocycles. The van der Waals surface area contributed by atoms with Crippen molar-refractivity contribution in [2.75, 3.05) is 31.6 Å². The molecule has 0 bridgehead atoms. The van der Waals surface area contributed by atoms with Gasteiger partial charge in [-0.1, -0.05) is 46.7 Å². The molecule has 3 rings (SSSR count). The Hall–Kier alpha value is -1.86. The molecule has 0 radical (unpaired) electrons. The van der Waals surface area contributed by atoms with Gasteiger partial charge in [0, 0.05) is 13.1 Å². The van der Waals surface area contributed by atoms with Crippen LogP contribution in [0.25, 0.3) is 10.2 Å². The number of benzene rings is 2. The molecule has 1 aromatic heterocycles. The molecule has 0 aliphatic rings. The normalized spacial score (nSPS) is 11.3. The zero-order valence-corrected chi connectivity index (χ0v) is 18.8. The third-order valence-corrected chi connectivity index (χ3v) is 6.37. The summed E-state index contributed by atoms with van der Waals surface area (Å²) in [6.07, 6.45) is 0.875. The SMILES string of the molecule is Cc1ccc2nc(N(CCCN(C)Cc3ccc(Cl)c(Cl)c3)CC(N)=O)sc2c1. The highest BCUT2D eigenvalue weighted by molar-refractivity contribution is 7.22. The minimum atomic E-state index is -0.357. The van der Waals surface area contributed by atoms with Crippen molar-refractivity contribution in [1.82, 2.24) is 9.88 Å². The van der Waals surface area contributed by atoms with E-state index in [1.54, 1.807) is 11.3 Å². The highest BCUT2D eigenvalue weighted by Crippen LogP contribution is 2.29. The van der Waals surface area contributed by atoms with Crippen molar-refractivity contribution in [3.63, 3.8) is 0 Å². The molecule has 2 N–H and O–H groups in total. The van der Waals surface area contributed by atoms with Crippen molar-refractivity contribution in [1.29, 1.82) is 0 Å². The van der Waals surface area contributed by atoms with Gasteiger partial charge in [0.05, 0.1) is 26.8 Å². The van der Waals surface area contributed by atoms with Gasteiger partial charge in [-0.3, -0.25) is 4.79 Å². The largest absolute Gasteiger partial charge is 0.368 e. The van der Waals surface area contributed by atoms with Gasteiger partial charge in [0.1, 0.15) is 0 Å². The molecule has 29 heavy (non-hydrogen) atoms. The quantitative estimate of drug-likeness (QED) is 0.511. The third kappa shape index (κ3) is 6.06. The van der Waals surface area contributed by atoms with Gasteiger partial charge in [0.25, 0.3) is 0 Å². The second-order valence-electron chi connectivity index (χ2n) is 7.20. The fourth-order valence-corrected chi connectivity index (χ4v) is 4.55. The van der Waals surface area contributed by atoms with Crippen molar-refractivity contribution in [3.05, 3.63) is 57.6 Å². The van der Waals surface area contributed by atoms with Gasteiger partial charge in [-0.25, -0.2) is 4.98 Å². The maximum atomic E-state index is 11.6. The lowest BCUT2D eigenvalue weighted by Gasteiger charge is -2.22. The number of hydrogen-bond donors (Lipinski definition) is 1. The van der Waals surface area contributed by atoms with E-state index in [0.717, 1.165) is 40.4 Å². The summed E-state index contributed by atoms with van der Waals surface area (Å²) in [6, 6.07) is 11.9. The molecule has 8 heteroatoms. The zero-order chi connectivity index (χ0) is 21.0. The highest BCUT2D eigenvalue weighted by atomic mass is 35.5. The maximum Gasteiger partial charge on any atom is 0.237 e. The van der Waals surface area contributed by atoms with Gasteiger partial charge >= 0.3 is 0 Å². The Morgan fingerprint density at radius 2 is 1.93 bits per heavy atom. The summed E-state index contributed by atoms with van der Waals surface area (Å²) in [5.41, 5.74) is 8.72. The molecule has 0 saturated carbocycles. The lowest BCUT2D eigenvalue weighted by molar-refractivity contribution is -0.116. The lowest BCUT2D eigenvalue weighted by atomic mass is 10.2. The zero-order valence-electron chi connectivity index (χ0n) is 16.5. The van der Waals surface area contributed by atoms with Crippen LogP contribution in [0.5, 0.6) is 0 Å². The average molecular weight is 451 g/mol. The predicted octanol–water partition coefficient (Wildman–Crippen LogP) is 4.73. The van der Waals surface area contributed by atoms with Crippen LogP contribution in [0.3, 0.4) is 0 Å². The molecule has 0 atom stereocenters. The summed E-state index contributed by atoms with van der Waals surface area (Å²) in [5, 5.41) is 1.96. The summed E-state index contributed by atoms with van der Waals surface area (Å²) in [4.78, 5) is 20.4. The first kappa shape index (κ1) is 21.8. The maximum absolute atomic E-state index is 11.6. The van der Waals surface area contributed by atoms with E-state index in [1.165, 1.54) is 5.56 Å². The van der Waals surface area contributed by atoms with E-state index in [-0.39, 0.29) is 12.5 Å². The molecular weight excluding hydrogens is 427 g/mol. The standard InChI is InChI=1S/C21H24Cl2N4OS/c1-14-4-7-18-19(10-14)29-21(25-18)27(13-20(24)28)9-3-8-26(2)12-15-5-6-16(22)17(23)11-15/h4-7,10-11H,3,8-9,12-13H2,1-2H3,(H2,24,28). The number of carbonyl (C=O) groups excluding carboxylic acids is 1. The predicted molar refractivity (Wildman–Crippen MR) is 123 cm³/mol. The summed E-state index contributed by atoms with van der Waals surface area (Å²) in [7, 11) is 2.06. The summed E-state index contributed by atoms with van der Waals surface area (Å²) in [6.45, 7) is 4.55. The van der Waals surface area contributed by atoms with Crippen LogP contribution in [0.15, 0.2) is 36.4 Å². The van der Waals surface area contributed by atoms with Gasteiger partial charge in [-0.2, -0.15) is 0 Å². The second-order valence-corrected chi connectivity index (χ2v) is 9.02. The minimum Gasteiger partial charge on any atom is -0.368 e. The monoisotopic (exact) mass is 450 g/mol. The Labute approximate surface area is 185 Å². The van der Waals surface area contributed by atoms with Crippen molar-refractivity contribution in [2.45, 2.75) is 19.9 Å². The van der Waals surface area contributed by atoms with E-state index in [0.29, 0.717) is 16.6 Å². The van der Waals surface area contributed by atoms with E-state index in [4.69, 9.17) is 28.9 Å². The van der Waals surface area contributed by atoms with E-state index in [2.05, 4.69) is 29.9 Å². The number of nitrogens with two attached hydrogens (primary N) is 1. The van der Waals surface area contributed by atoms with Gasteiger partial charge in [0.2, 0.25) is 5.91 Å². The highest BCUT2D eigenvalue weighted by Gasteiger charge is 2.15. The molecule has 5 nitrogen and oxygen atoms in total. The molecule has 3 aromatic rings. The van der Waals surface area contributed by atoms with Crippen LogP contribution in [-0.4, -0.2) is 42.5 Å². The summed E-state index contributed by atoms with van der Waals surface area (Å²) >= 11 is 13.7.